The summed E-state index contributed by atoms with van der Waals surface area (Å²) in [6.07, 6.45) is 0. The highest BCUT2D eigenvalue weighted by molar-refractivity contribution is 8.00. The molecule has 0 radical (unpaired) electrons. The monoisotopic (exact) mass is 557 g/mol. The van der Waals surface area contributed by atoms with Crippen molar-refractivity contribution in [1.29, 1.82) is 0 Å². The van der Waals surface area contributed by atoms with Gasteiger partial charge in [-0.05, 0) is 42.6 Å². The first kappa shape index (κ1) is 24.0. The van der Waals surface area contributed by atoms with Crippen molar-refractivity contribution in [1.82, 2.24) is 19.7 Å². The molecule has 1 unspecified atom stereocenters. The first-order valence-corrected chi connectivity index (χ1v) is 13.8. The zero-order valence-electron chi connectivity index (χ0n) is 18.2. The number of benzene rings is 2. The van der Waals surface area contributed by atoms with Crippen LogP contribution in [0.25, 0.3) is 27.6 Å². The van der Waals surface area contributed by atoms with Crippen LogP contribution in [-0.4, -0.2) is 30.9 Å². The van der Waals surface area contributed by atoms with Gasteiger partial charge in [0.2, 0.25) is 5.91 Å². The second-order valence-electron chi connectivity index (χ2n) is 7.37. The van der Waals surface area contributed by atoms with E-state index in [0.717, 1.165) is 22.0 Å². The van der Waals surface area contributed by atoms with Gasteiger partial charge in [0.05, 0.1) is 25.9 Å². The molecule has 35 heavy (non-hydrogen) atoms. The highest BCUT2D eigenvalue weighted by Gasteiger charge is 2.23. The molecule has 6 nitrogen and oxygen atoms in total. The van der Waals surface area contributed by atoms with Crippen molar-refractivity contribution in [2.75, 3.05) is 5.32 Å². The molecule has 5 aromatic rings. The lowest BCUT2D eigenvalue weighted by Gasteiger charge is -2.12. The zero-order valence-corrected chi connectivity index (χ0v) is 22.1. The van der Waals surface area contributed by atoms with Crippen LogP contribution in [0.15, 0.2) is 76.6 Å². The molecule has 3 heterocycles. The summed E-state index contributed by atoms with van der Waals surface area (Å²) in [5.41, 5.74) is 2.48. The van der Waals surface area contributed by atoms with Crippen molar-refractivity contribution >= 4 is 68.7 Å². The second-order valence-corrected chi connectivity index (χ2v) is 11.3. The number of aromatic nitrogens is 4. The van der Waals surface area contributed by atoms with Gasteiger partial charge in [-0.15, -0.1) is 32.9 Å². The number of hydrogen-bond acceptors (Lipinski definition) is 7. The van der Waals surface area contributed by atoms with E-state index < -0.39 is 5.25 Å². The molecular formula is C24H17Cl2N5OS3. The van der Waals surface area contributed by atoms with Crippen molar-refractivity contribution in [3.05, 3.63) is 81.5 Å². The Morgan fingerprint density at radius 1 is 1.03 bits per heavy atom. The van der Waals surface area contributed by atoms with Gasteiger partial charge in [-0.1, -0.05) is 65.3 Å². The van der Waals surface area contributed by atoms with Crippen molar-refractivity contribution in [3.8, 4) is 27.6 Å². The van der Waals surface area contributed by atoms with Crippen LogP contribution in [0.3, 0.4) is 0 Å². The summed E-state index contributed by atoms with van der Waals surface area (Å²) < 4.78 is 1.98. The smallest absolute Gasteiger partial charge is 0.239 e. The topological polar surface area (TPSA) is 72.7 Å². The normalized spacial score (nSPS) is 12.0. The average Bonchev–Trinajstić information content (AvgIpc) is 3.62. The Kier molecular flexibility index (Phi) is 7.22. The molecule has 0 aliphatic rings. The van der Waals surface area contributed by atoms with Gasteiger partial charge in [0.25, 0.3) is 0 Å². The summed E-state index contributed by atoms with van der Waals surface area (Å²) in [4.78, 5) is 18.5. The third-order valence-corrected chi connectivity index (χ3v) is 8.40. The minimum Gasteiger partial charge on any atom is -0.301 e. The molecule has 0 bridgehead atoms. The van der Waals surface area contributed by atoms with E-state index in [9.17, 15) is 4.79 Å². The van der Waals surface area contributed by atoms with E-state index in [0.29, 0.717) is 26.0 Å². The lowest BCUT2D eigenvalue weighted by atomic mass is 10.2. The Balaban J connectivity index is 1.34. The van der Waals surface area contributed by atoms with E-state index in [4.69, 9.17) is 23.2 Å². The molecule has 0 fully saturated rings. The van der Waals surface area contributed by atoms with E-state index in [-0.39, 0.29) is 5.91 Å². The second kappa shape index (κ2) is 10.5. The van der Waals surface area contributed by atoms with Gasteiger partial charge in [-0.25, -0.2) is 4.98 Å². The van der Waals surface area contributed by atoms with Crippen molar-refractivity contribution in [2.24, 2.45) is 0 Å². The number of para-hydroxylation sites is 1. The first-order chi connectivity index (χ1) is 17.0. The fraction of sp³-hybridized carbons (Fsp3) is 0.0833. The third kappa shape index (κ3) is 5.29. The van der Waals surface area contributed by atoms with Crippen LogP contribution in [-0.2, 0) is 4.79 Å². The molecule has 3 aromatic heterocycles. The number of thiophene rings is 1. The quantitative estimate of drug-likeness (QED) is 0.209. The Morgan fingerprint density at radius 3 is 2.60 bits per heavy atom. The highest BCUT2D eigenvalue weighted by atomic mass is 35.5. The average molecular weight is 559 g/mol. The minimum atomic E-state index is -0.435. The van der Waals surface area contributed by atoms with E-state index in [1.165, 1.54) is 23.1 Å². The Morgan fingerprint density at radius 2 is 1.86 bits per heavy atom. The SMILES string of the molecule is CC(Sc1nnc(-c2cccs2)n1-c1ccccc1)C(=O)Nc1nc(-c2ccc(Cl)c(Cl)c2)cs1. The third-order valence-electron chi connectivity index (χ3n) is 4.99. The van der Waals surface area contributed by atoms with E-state index in [1.807, 2.05) is 70.8 Å². The highest BCUT2D eigenvalue weighted by Crippen LogP contribution is 2.33. The lowest BCUT2D eigenvalue weighted by molar-refractivity contribution is -0.115. The van der Waals surface area contributed by atoms with Crippen molar-refractivity contribution < 1.29 is 4.79 Å². The fourth-order valence-corrected chi connectivity index (χ4v) is 5.85. The number of thioether (sulfide) groups is 1. The number of carbonyl (C=O) groups excluding carboxylic acids is 1. The van der Waals surface area contributed by atoms with Gasteiger partial charge in [-0.2, -0.15) is 0 Å². The van der Waals surface area contributed by atoms with E-state index in [1.54, 1.807) is 23.5 Å². The Hall–Kier alpha value is -2.69. The molecule has 1 N–H and O–H groups in total. The fourth-order valence-electron chi connectivity index (χ4n) is 3.26. The van der Waals surface area contributed by atoms with Crippen LogP contribution in [0.5, 0.6) is 0 Å². The molecule has 11 heteroatoms. The molecule has 0 spiro atoms. The predicted octanol–water partition coefficient (Wildman–Crippen LogP) is 7.55. The number of amides is 1. The number of hydrogen-bond donors (Lipinski definition) is 1. The Bertz CT molecular complexity index is 1470. The zero-order chi connectivity index (χ0) is 24.4. The van der Waals surface area contributed by atoms with Crippen molar-refractivity contribution in [3.63, 3.8) is 0 Å². The number of anilines is 1. The largest absolute Gasteiger partial charge is 0.301 e. The standard InChI is InChI=1S/C24H17Cl2N5OS3/c1-14(22(32)28-23-27-19(13-34-23)15-9-10-17(25)18(26)12-15)35-24-30-29-21(20-8-5-11-33-20)31(24)16-6-3-2-4-7-16/h2-14H,1H3,(H,27,28,32). The van der Waals surface area contributed by atoms with Gasteiger partial charge in [-0.3, -0.25) is 9.36 Å². The van der Waals surface area contributed by atoms with Crippen LogP contribution in [0.4, 0.5) is 5.13 Å². The number of carbonyl (C=O) groups is 1. The molecule has 1 atom stereocenters. The van der Waals surface area contributed by atoms with E-state index in [2.05, 4.69) is 20.5 Å². The van der Waals surface area contributed by atoms with Crippen LogP contribution in [0.2, 0.25) is 10.0 Å². The van der Waals surface area contributed by atoms with E-state index >= 15 is 0 Å². The summed E-state index contributed by atoms with van der Waals surface area (Å²) >= 11 is 16.4. The minimum absolute atomic E-state index is 0.176. The maximum Gasteiger partial charge on any atom is 0.239 e. The number of nitrogens with zero attached hydrogens (tertiary/aromatic N) is 4. The van der Waals surface area contributed by atoms with Gasteiger partial charge in [0.1, 0.15) is 0 Å². The predicted molar refractivity (Wildman–Crippen MR) is 146 cm³/mol. The van der Waals surface area contributed by atoms with Gasteiger partial charge in [0, 0.05) is 16.6 Å². The van der Waals surface area contributed by atoms with Crippen LogP contribution < -0.4 is 5.32 Å². The van der Waals surface area contributed by atoms with Crippen LogP contribution >= 0.6 is 57.6 Å². The Labute approximate surface area is 224 Å². The van der Waals surface area contributed by atoms with Gasteiger partial charge in [0.15, 0.2) is 16.1 Å². The van der Waals surface area contributed by atoms with Gasteiger partial charge < -0.3 is 5.32 Å². The van der Waals surface area contributed by atoms with Gasteiger partial charge >= 0.3 is 0 Å². The van der Waals surface area contributed by atoms with Crippen LogP contribution in [0.1, 0.15) is 6.92 Å². The molecule has 0 saturated heterocycles. The molecular weight excluding hydrogens is 541 g/mol. The molecule has 0 aliphatic heterocycles. The summed E-state index contributed by atoms with van der Waals surface area (Å²) in [5.74, 6) is 0.567. The summed E-state index contributed by atoms with van der Waals surface area (Å²) in [5, 5.41) is 17.2. The number of nitrogens with one attached hydrogen (secondary N) is 1. The van der Waals surface area contributed by atoms with Crippen LogP contribution in [0, 0.1) is 0 Å². The molecule has 5 rings (SSSR count). The maximum absolute atomic E-state index is 13.0. The first-order valence-electron chi connectivity index (χ1n) is 10.4. The summed E-state index contributed by atoms with van der Waals surface area (Å²) in [6.45, 7) is 1.84. The summed E-state index contributed by atoms with van der Waals surface area (Å²) in [7, 11) is 0. The molecule has 2 aromatic carbocycles. The number of rotatable bonds is 7. The molecule has 0 aliphatic carbocycles. The lowest BCUT2D eigenvalue weighted by Crippen LogP contribution is -2.22. The molecule has 0 saturated carbocycles. The maximum atomic E-state index is 13.0. The number of halogens is 2. The van der Waals surface area contributed by atoms with Crippen molar-refractivity contribution in [2.45, 2.75) is 17.3 Å². The molecule has 176 valence electrons. The summed E-state index contributed by atoms with van der Waals surface area (Å²) in [6, 6.07) is 19.2. The number of thiazole rings is 1. The molecule has 1 amide bonds.